The number of aliphatic hydroxyl groups is 1. The molecule has 25 heavy (non-hydrogen) atoms. The maximum absolute atomic E-state index is 13.0. The van der Waals surface area contributed by atoms with Gasteiger partial charge in [0.1, 0.15) is 11.4 Å². The number of nitrogens with zero attached hydrogens (tertiary/aromatic N) is 3. The summed E-state index contributed by atoms with van der Waals surface area (Å²) in [5, 5.41) is 9.67. The first-order chi connectivity index (χ1) is 12.1. The van der Waals surface area contributed by atoms with E-state index in [1.807, 2.05) is 42.6 Å². The number of furan rings is 1. The van der Waals surface area contributed by atoms with Gasteiger partial charge in [-0.1, -0.05) is 13.0 Å². The van der Waals surface area contributed by atoms with E-state index >= 15 is 0 Å². The van der Waals surface area contributed by atoms with Crippen molar-refractivity contribution in [1.29, 1.82) is 0 Å². The van der Waals surface area contributed by atoms with Crippen LogP contribution in [0.5, 0.6) is 0 Å². The quantitative estimate of drug-likeness (QED) is 0.717. The first kappa shape index (κ1) is 17.2. The van der Waals surface area contributed by atoms with Crippen molar-refractivity contribution in [3.63, 3.8) is 0 Å². The highest BCUT2D eigenvalue weighted by atomic mass is 16.3. The second-order valence-electron chi connectivity index (χ2n) is 6.16. The molecule has 1 amide bonds. The summed E-state index contributed by atoms with van der Waals surface area (Å²) in [7, 11) is 0. The molecule has 0 saturated heterocycles. The summed E-state index contributed by atoms with van der Waals surface area (Å²) in [4.78, 5) is 19.1. The predicted octanol–water partition coefficient (Wildman–Crippen LogP) is 2.58. The normalized spacial score (nSPS) is 12.4. The molecule has 6 nitrogen and oxygen atoms in total. The van der Waals surface area contributed by atoms with Crippen molar-refractivity contribution in [1.82, 2.24) is 14.3 Å². The van der Waals surface area contributed by atoms with Crippen LogP contribution in [0.25, 0.3) is 5.65 Å². The fourth-order valence-corrected chi connectivity index (χ4v) is 3.03. The van der Waals surface area contributed by atoms with E-state index < -0.39 is 0 Å². The van der Waals surface area contributed by atoms with Crippen molar-refractivity contribution in [2.45, 2.75) is 39.3 Å². The molecule has 1 N–H and O–H groups in total. The number of hydrogen-bond donors (Lipinski definition) is 1. The average molecular weight is 341 g/mol. The molecule has 0 bridgehead atoms. The Balaban J connectivity index is 1.84. The van der Waals surface area contributed by atoms with E-state index in [1.165, 1.54) is 0 Å². The largest absolute Gasteiger partial charge is 0.467 e. The Bertz CT molecular complexity index is 835. The van der Waals surface area contributed by atoms with Crippen LogP contribution in [-0.4, -0.2) is 37.9 Å². The molecule has 0 unspecified atom stereocenters. The van der Waals surface area contributed by atoms with Gasteiger partial charge < -0.3 is 18.8 Å². The Morgan fingerprint density at radius 3 is 2.92 bits per heavy atom. The minimum absolute atomic E-state index is 0.0550. The SMILES string of the molecule is CC[C@H](CO)N(Cc1ccco1)C(=O)Cc1cnc2c(C)cccn12. The lowest BCUT2D eigenvalue weighted by atomic mass is 10.1. The van der Waals surface area contributed by atoms with Crippen LogP contribution < -0.4 is 0 Å². The minimum atomic E-state index is -0.237. The zero-order valence-corrected chi connectivity index (χ0v) is 14.6. The van der Waals surface area contributed by atoms with Crippen molar-refractivity contribution in [3.8, 4) is 0 Å². The second kappa shape index (κ2) is 7.53. The Hall–Kier alpha value is -2.60. The Kier molecular flexibility index (Phi) is 5.19. The molecule has 0 aliphatic rings. The third kappa shape index (κ3) is 3.58. The van der Waals surface area contributed by atoms with Crippen LogP contribution in [-0.2, 0) is 17.8 Å². The lowest BCUT2D eigenvalue weighted by Gasteiger charge is -2.29. The van der Waals surface area contributed by atoms with Crippen LogP contribution >= 0.6 is 0 Å². The van der Waals surface area contributed by atoms with Crippen LogP contribution in [0.3, 0.4) is 0 Å². The Morgan fingerprint density at radius 2 is 2.24 bits per heavy atom. The first-order valence-corrected chi connectivity index (χ1v) is 8.48. The van der Waals surface area contributed by atoms with Crippen molar-refractivity contribution in [2.75, 3.05) is 6.61 Å². The summed E-state index contributed by atoms with van der Waals surface area (Å²) in [5.74, 6) is 0.648. The molecule has 132 valence electrons. The molecule has 0 radical (unpaired) electrons. The average Bonchev–Trinajstić information content (AvgIpc) is 3.26. The van der Waals surface area contributed by atoms with Crippen LogP contribution in [0, 0.1) is 6.92 Å². The van der Waals surface area contributed by atoms with Crippen molar-refractivity contribution < 1.29 is 14.3 Å². The molecule has 0 aromatic carbocycles. The standard InChI is InChI=1S/C19H23N3O3/c1-3-15(13-23)22(12-17-7-5-9-25-17)18(24)10-16-11-20-19-14(2)6-4-8-21(16)19/h4-9,11,15,23H,3,10,12-13H2,1-2H3/t15-/m1/s1. The van der Waals surface area contributed by atoms with E-state index in [1.54, 1.807) is 23.4 Å². The molecule has 0 spiro atoms. The van der Waals surface area contributed by atoms with Gasteiger partial charge in [-0.15, -0.1) is 0 Å². The lowest BCUT2D eigenvalue weighted by molar-refractivity contribution is -0.135. The topological polar surface area (TPSA) is 71.0 Å². The molecule has 1 atom stereocenters. The van der Waals surface area contributed by atoms with Gasteiger partial charge in [-0.2, -0.15) is 0 Å². The third-order valence-electron chi connectivity index (χ3n) is 4.49. The van der Waals surface area contributed by atoms with Crippen LogP contribution in [0.15, 0.2) is 47.3 Å². The summed E-state index contributed by atoms with van der Waals surface area (Å²) in [5.41, 5.74) is 2.76. The first-order valence-electron chi connectivity index (χ1n) is 8.48. The van der Waals surface area contributed by atoms with Crippen LogP contribution in [0.4, 0.5) is 0 Å². The number of aryl methyl sites for hydroxylation is 1. The lowest BCUT2D eigenvalue weighted by Crippen LogP contribution is -2.42. The van der Waals surface area contributed by atoms with E-state index in [0.717, 1.165) is 16.9 Å². The smallest absolute Gasteiger partial charge is 0.229 e. The number of carbonyl (C=O) groups excluding carboxylic acids is 1. The van der Waals surface area contributed by atoms with Gasteiger partial charge in [0.05, 0.1) is 37.6 Å². The van der Waals surface area contributed by atoms with Crippen LogP contribution in [0.1, 0.15) is 30.4 Å². The fraction of sp³-hybridized carbons (Fsp3) is 0.368. The number of aliphatic hydroxyl groups excluding tert-OH is 1. The molecule has 3 aromatic heterocycles. The maximum atomic E-state index is 13.0. The molecule has 0 fully saturated rings. The summed E-state index contributed by atoms with van der Waals surface area (Å²) >= 11 is 0. The van der Waals surface area contributed by atoms with Crippen molar-refractivity contribution in [3.05, 3.63) is 59.9 Å². The monoisotopic (exact) mass is 341 g/mol. The summed E-state index contributed by atoms with van der Waals surface area (Å²) in [6.45, 7) is 4.23. The van der Waals surface area contributed by atoms with E-state index in [2.05, 4.69) is 4.98 Å². The van der Waals surface area contributed by atoms with Crippen molar-refractivity contribution in [2.24, 2.45) is 0 Å². The number of carbonyl (C=O) groups is 1. The van der Waals surface area contributed by atoms with Gasteiger partial charge in [0.25, 0.3) is 0 Å². The number of amides is 1. The van der Waals surface area contributed by atoms with Crippen molar-refractivity contribution >= 4 is 11.6 Å². The zero-order valence-electron chi connectivity index (χ0n) is 14.6. The summed E-state index contributed by atoms with van der Waals surface area (Å²) in [6.07, 6.45) is 6.14. The number of imidazole rings is 1. The van der Waals surface area contributed by atoms with E-state index in [0.29, 0.717) is 18.7 Å². The molecule has 3 aromatic rings. The van der Waals surface area contributed by atoms with Gasteiger partial charge in [0, 0.05) is 12.4 Å². The van der Waals surface area contributed by atoms with Gasteiger partial charge in [0.15, 0.2) is 0 Å². The van der Waals surface area contributed by atoms with Gasteiger partial charge in [-0.05, 0) is 37.1 Å². The minimum Gasteiger partial charge on any atom is -0.467 e. The molecule has 0 aliphatic heterocycles. The molecule has 6 heteroatoms. The number of hydrogen-bond acceptors (Lipinski definition) is 4. The molecular weight excluding hydrogens is 318 g/mol. The van der Waals surface area contributed by atoms with Gasteiger partial charge in [-0.3, -0.25) is 4.79 Å². The molecule has 0 saturated carbocycles. The van der Waals surface area contributed by atoms with Gasteiger partial charge in [0.2, 0.25) is 5.91 Å². The Labute approximate surface area is 146 Å². The highest BCUT2D eigenvalue weighted by molar-refractivity contribution is 5.79. The highest BCUT2D eigenvalue weighted by Crippen LogP contribution is 2.16. The number of fused-ring (bicyclic) bond motifs is 1. The number of aromatic nitrogens is 2. The maximum Gasteiger partial charge on any atom is 0.229 e. The van der Waals surface area contributed by atoms with E-state index in [-0.39, 0.29) is 25.0 Å². The number of rotatable bonds is 7. The highest BCUT2D eigenvalue weighted by Gasteiger charge is 2.24. The van der Waals surface area contributed by atoms with E-state index in [4.69, 9.17) is 4.42 Å². The number of pyridine rings is 1. The van der Waals surface area contributed by atoms with Gasteiger partial charge in [-0.25, -0.2) is 4.98 Å². The third-order valence-corrected chi connectivity index (χ3v) is 4.49. The predicted molar refractivity (Wildman–Crippen MR) is 94.1 cm³/mol. The second-order valence-corrected chi connectivity index (χ2v) is 6.16. The summed E-state index contributed by atoms with van der Waals surface area (Å²) < 4.78 is 7.32. The van der Waals surface area contributed by atoms with Crippen LogP contribution in [0.2, 0.25) is 0 Å². The zero-order chi connectivity index (χ0) is 17.8. The van der Waals surface area contributed by atoms with Gasteiger partial charge >= 0.3 is 0 Å². The Morgan fingerprint density at radius 1 is 1.40 bits per heavy atom. The molecule has 0 aliphatic carbocycles. The van der Waals surface area contributed by atoms with E-state index in [9.17, 15) is 9.90 Å². The molecule has 3 rings (SSSR count). The summed E-state index contributed by atoms with van der Waals surface area (Å²) in [6, 6.07) is 7.34. The molecular formula is C19H23N3O3. The molecule has 3 heterocycles. The fourth-order valence-electron chi connectivity index (χ4n) is 3.03.